The maximum atomic E-state index is 13.4. The lowest BCUT2D eigenvalue weighted by molar-refractivity contribution is -0.120. The van der Waals surface area contributed by atoms with E-state index in [-0.39, 0.29) is 5.91 Å². The number of hydrogen-bond donors (Lipinski definition) is 1. The number of amides is 1. The molecule has 6 rings (SSSR count). The summed E-state index contributed by atoms with van der Waals surface area (Å²) >= 11 is 13.6. The molecule has 2 heterocycles. The van der Waals surface area contributed by atoms with E-state index in [9.17, 15) is 14.7 Å². The van der Waals surface area contributed by atoms with Crippen LogP contribution in [-0.2, 0) is 4.79 Å². The fourth-order valence-corrected chi connectivity index (χ4v) is 7.72. The van der Waals surface area contributed by atoms with E-state index in [4.69, 9.17) is 28.7 Å². The van der Waals surface area contributed by atoms with Gasteiger partial charge in [0, 0.05) is 35.6 Å². The molecule has 1 saturated heterocycles. The second kappa shape index (κ2) is 14.8. The third kappa shape index (κ3) is 7.33. The van der Waals surface area contributed by atoms with Crippen molar-refractivity contribution in [1.82, 2.24) is 9.63 Å². The molecule has 0 aliphatic carbocycles. The Balaban J connectivity index is 1.34. The van der Waals surface area contributed by atoms with Crippen LogP contribution in [-0.4, -0.2) is 37.8 Å². The third-order valence-electron chi connectivity index (χ3n) is 7.36. The van der Waals surface area contributed by atoms with Crippen LogP contribution in [0.4, 0.5) is 17.1 Å². The van der Waals surface area contributed by atoms with Crippen LogP contribution in [0.1, 0.15) is 30.5 Å². The highest BCUT2D eigenvalue weighted by molar-refractivity contribution is 8.30. The van der Waals surface area contributed by atoms with E-state index in [1.807, 2.05) is 73.7 Å². The van der Waals surface area contributed by atoms with E-state index in [0.717, 1.165) is 61.6 Å². The topological polar surface area (TPSA) is 75.0 Å². The number of nitrogens with zero attached hydrogens (tertiary/aromatic N) is 3. The number of anilines is 3. The van der Waals surface area contributed by atoms with Gasteiger partial charge in [-0.15, -0.1) is 16.1 Å². The Bertz CT molecular complexity index is 2160. The van der Waals surface area contributed by atoms with Gasteiger partial charge in [0.1, 0.15) is 9.23 Å². The Kier molecular flexibility index (Phi) is 10.3. The molecule has 1 amide bonds. The fourth-order valence-electron chi connectivity index (χ4n) is 5.06. The number of halogens is 1. The fraction of sp³-hybridized carbons (Fsp3) is 0.108. The summed E-state index contributed by atoms with van der Waals surface area (Å²) < 4.78 is 2.04. The number of aliphatic hydroxyl groups is 1. The van der Waals surface area contributed by atoms with Crippen molar-refractivity contribution in [2.45, 2.75) is 20.1 Å². The SMILES string of the molecule is CCN1C(=O)/C(=c2\s/c(=C\c3ccc(N(c4ccccc4)c4ccc(C=Cc5ccc(Cl)cc5)cc4)cc3)c(=O)n2OC(C)O)SC1=S. The summed E-state index contributed by atoms with van der Waals surface area (Å²) in [6, 6.07) is 34.0. The number of rotatable bonds is 9. The van der Waals surface area contributed by atoms with Gasteiger partial charge >= 0.3 is 5.56 Å². The summed E-state index contributed by atoms with van der Waals surface area (Å²) in [7, 11) is 0. The summed E-state index contributed by atoms with van der Waals surface area (Å²) in [4.78, 5) is 35.9. The predicted molar refractivity (Wildman–Crippen MR) is 202 cm³/mol. The first kappa shape index (κ1) is 33.5. The number of carbonyl (C=O) groups excluding carboxylic acids is 1. The van der Waals surface area contributed by atoms with Crippen molar-refractivity contribution in [2.75, 3.05) is 11.4 Å². The molecule has 11 heteroatoms. The number of aromatic nitrogens is 1. The van der Waals surface area contributed by atoms with Gasteiger partial charge in [-0.05, 0) is 78.2 Å². The molecular formula is C37H30ClN3O4S3. The van der Waals surface area contributed by atoms with Gasteiger partial charge < -0.3 is 14.8 Å². The zero-order chi connectivity index (χ0) is 33.8. The van der Waals surface area contributed by atoms with Crippen LogP contribution in [0.25, 0.3) is 23.1 Å². The molecule has 48 heavy (non-hydrogen) atoms. The number of para-hydroxylation sites is 1. The molecule has 0 spiro atoms. The Morgan fingerprint density at radius 3 is 1.94 bits per heavy atom. The Hall–Kier alpha value is -4.45. The number of benzene rings is 4. The third-order valence-corrected chi connectivity index (χ3v) is 10.3. The summed E-state index contributed by atoms with van der Waals surface area (Å²) in [5.74, 6) is -0.292. The zero-order valence-corrected chi connectivity index (χ0v) is 29.2. The van der Waals surface area contributed by atoms with E-state index in [1.165, 1.54) is 11.8 Å². The molecule has 1 N–H and O–H groups in total. The molecule has 1 atom stereocenters. The van der Waals surface area contributed by atoms with Crippen molar-refractivity contribution >= 4 is 97.3 Å². The van der Waals surface area contributed by atoms with Crippen molar-refractivity contribution in [3.63, 3.8) is 0 Å². The van der Waals surface area contributed by atoms with E-state index < -0.39 is 11.8 Å². The van der Waals surface area contributed by atoms with E-state index in [0.29, 0.717) is 30.0 Å². The minimum atomic E-state index is -1.27. The molecule has 242 valence electrons. The van der Waals surface area contributed by atoms with E-state index >= 15 is 0 Å². The molecule has 1 aliphatic rings. The van der Waals surface area contributed by atoms with Crippen LogP contribution >= 0.6 is 46.9 Å². The standard InChI is InChI=1S/C37H30ClN3O4S3/c1-3-39-35(44)33(48-37(39)46)36-41(45-24(2)42)34(43)32(47-36)23-27-15-21-31(22-16-27)40(29-7-5-4-6-8-29)30-19-13-26(14-20-30)10-9-25-11-17-28(38)18-12-25/h4-24,42H,3H2,1-2H3/b10-9?,32-23-,36-33+. The van der Waals surface area contributed by atoms with Gasteiger partial charge in [0.25, 0.3) is 5.91 Å². The first-order valence-electron chi connectivity index (χ1n) is 15.1. The highest BCUT2D eigenvalue weighted by atomic mass is 35.5. The number of thioether (sulfide) groups is 1. The van der Waals surface area contributed by atoms with E-state index in [1.54, 1.807) is 6.08 Å². The smallest absolute Gasteiger partial charge is 0.301 e. The van der Waals surface area contributed by atoms with Gasteiger partial charge in [-0.25, -0.2) is 0 Å². The minimum Gasteiger partial charge on any atom is -0.378 e. The predicted octanol–water partition coefficient (Wildman–Crippen LogP) is 6.79. The van der Waals surface area contributed by atoms with Gasteiger partial charge in [0.05, 0.1) is 4.53 Å². The van der Waals surface area contributed by atoms with Gasteiger partial charge in [-0.3, -0.25) is 14.5 Å². The normalized spacial score (nSPS) is 15.4. The minimum absolute atomic E-state index is 0.291. The van der Waals surface area contributed by atoms with Crippen LogP contribution in [0.2, 0.25) is 5.02 Å². The van der Waals surface area contributed by atoms with Crippen LogP contribution in [0.5, 0.6) is 0 Å². The maximum Gasteiger partial charge on any atom is 0.301 e. The molecule has 4 aromatic carbocycles. The summed E-state index contributed by atoms with van der Waals surface area (Å²) in [5, 5.41) is 10.7. The lowest BCUT2D eigenvalue weighted by atomic mass is 10.1. The highest BCUT2D eigenvalue weighted by Crippen LogP contribution is 2.35. The van der Waals surface area contributed by atoms with Crippen molar-refractivity contribution in [1.29, 1.82) is 0 Å². The number of thiocarbonyl (C=S) groups is 1. The largest absolute Gasteiger partial charge is 0.378 e. The van der Waals surface area contributed by atoms with Crippen molar-refractivity contribution in [2.24, 2.45) is 0 Å². The summed E-state index contributed by atoms with van der Waals surface area (Å²) in [6.07, 6.45) is 4.60. The van der Waals surface area contributed by atoms with Crippen molar-refractivity contribution in [3.8, 4) is 0 Å². The highest BCUT2D eigenvalue weighted by Gasteiger charge is 2.33. The average molecular weight is 712 g/mol. The molecule has 0 bridgehead atoms. The number of carbonyl (C=O) groups is 1. The zero-order valence-electron chi connectivity index (χ0n) is 25.9. The first-order chi connectivity index (χ1) is 23.2. The van der Waals surface area contributed by atoms with Crippen LogP contribution in [0, 0.1) is 0 Å². The van der Waals surface area contributed by atoms with Crippen LogP contribution in [0.3, 0.4) is 0 Å². The Morgan fingerprint density at radius 2 is 1.40 bits per heavy atom. The molecular weight excluding hydrogens is 682 g/mol. The monoisotopic (exact) mass is 711 g/mol. The van der Waals surface area contributed by atoms with Crippen LogP contribution < -0.4 is 24.5 Å². The maximum absolute atomic E-state index is 13.4. The van der Waals surface area contributed by atoms with Gasteiger partial charge in [0.15, 0.2) is 4.66 Å². The first-order valence-corrected chi connectivity index (χ1v) is 17.5. The lowest BCUT2D eigenvalue weighted by Crippen LogP contribution is -2.41. The van der Waals surface area contributed by atoms with E-state index in [2.05, 4.69) is 53.5 Å². The molecule has 7 nitrogen and oxygen atoms in total. The summed E-state index contributed by atoms with van der Waals surface area (Å²) in [5.41, 5.74) is 5.35. The van der Waals surface area contributed by atoms with Crippen molar-refractivity contribution < 1.29 is 14.7 Å². The van der Waals surface area contributed by atoms with Crippen molar-refractivity contribution in [3.05, 3.63) is 144 Å². The molecule has 1 fully saturated rings. The molecule has 0 saturated carbocycles. The van der Waals surface area contributed by atoms with Crippen LogP contribution in [0.15, 0.2) is 108 Å². The summed E-state index contributed by atoms with van der Waals surface area (Å²) in [6.45, 7) is 3.65. The second-order valence-electron chi connectivity index (χ2n) is 10.7. The number of aliphatic hydroxyl groups excluding tert-OH is 1. The van der Waals surface area contributed by atoms with Gasteiger partial charge in [-0.1, -0.05) is 102 Å². The molecule has 1 unspecified atom stereocenters. The molecule has 5 aromatic rings. The quantitative estimate of drug-likeness (QED) is 0.103. The number of hydrogen-bond acceptors (Lipinski definition) is 8. The Morgan fingerprint density at radius 1 is 0.854 bits per heavy atom. The lowest BCUT2D eigenvalue weighted by Gasteiger charge is -2.25. The molecule has 1 aromatic heterocycles. The average Bonchev–Trinajstić information content (AvgIpc) is 3.55. The Labute approximate surface area is 296 Å². The molecule has 1 aliphatic heterocycles. The number of thiazole rings is 1. The van der Waals surface area contributed by atoms with Gasteiger partial charge in [-0.2, -0.15) is 0 Å². The second-order valence-corrected chi connectivity index (χ2v) is 13.8. The molecule has 0 radical (unpaired) electrons. The van der Waals surface area contributed by atoms with Gasteiger partial charge in [0.2, 0.25) is 6.29 Å².